The molecule has 4 atom stereocenters. The highest BCUT2D eigenvalue weighted by atomic mass is 16.5. The predicted molar refractivity (Wildman–Crippen MR) is 119 cm³/mol. The van der Waals surface area contributed by atoms with Gasteiger partial charge in [0.25, 0.3) is 0 Å². The van der Waals surface area contributed by atoms with E-state index >= 15 is 0 Å². The van der Waals surface area contributed by atoms with Crippen molar-refractivity contribution in [1.82, 2.24) is 10.6 Å². The van der Waals surface area contributed by atoms with Gasteiger partial charge in [-0.2, -0.15) is 0 Å². The summed E-state index contributed by atoms with van der Waals surface area (Å²) in [5, 5.41) is 17.1. The van der Waals surface area contributed by atoms with Gasteiger partial charge < -0.3 is 20.5 Å². The fourth-order valence-electron chi connectivity index (χ4n) is 5.89. The van der Waals surface area contributed by atoms with E-state index in [0.29, 0.717) is 32.4 Å². The Hall–Kier alpha value is -1.14. The van der Waals surface area contributed by atoms with Gasteiger partial charge in [0.1, 0.15) is 0 Å². The normalized spacial score (nSPS) is 33.1. The Balaban J connectivity index is 2.22. The summed E-state index contributed by atoms with van der Waals surface area (Å²) in [7, 11) is 1.62. The van der Waals surface area contributed by atoms with Gasteiger partial charge in [0.2, 0.25) is 11.8 Å². The van der Waals surface area contributed by atoms with Gasteiger partial charge >= 0.3 is 0 Å². The molecule has 0 aliphatic heterocycles. The van der Waals surface area contributed by atoms with Crippen molar-refractivity contribution in [3.05, 3.63) is 0 Å². The maximum atomic E-state index is 12.8. The molecule has 174 valence electrons. The number of methoxy groups -OCH3 is 1. The second kappa shape index (κ2) is 9.15. The average Bonchev–Trinajstić information content (AvgIpc) is 2.78. The minimum absolute atomic E-state index is 0.00336. The summed E-state index contributed by atoms with van der Waals surface area (Å²) < 4.78 is 5.02. The second-order valence-corrected chi connectivity index (χ2v) is 11.9. The van der Waals surface area contributed by atoms with Crippen LogP contribution in [-0.4, -0.2) is 48.8 Å². The van der Waals surface area contributed by atoms with E-state index in [-0.39, 0.29) is 40.0 Å². The Morgan fingerprint density at radius 3 is 2.37 bits per heavy atom. The van der Waals surface area contributed by atoms with Gasteiger partial charge in [-0.1, -0.05) is 34.6 Å². The van der Waals surface area contributed by atoms with Crippen molar-refractivity contribution >= 4 is 11.8 Å². The zero-order valence-electron chi connectivity index (χ0n) is 20.2. The van der Waals surface area contributed by atoms with Crippen LogP contribution in [0.2, 0.25) is 0 Å². The molecule has 4 unspecified atom stereocenters. The first-order chi connectivity index (χ1) is 13.7. The number of ether oxygens (including phenoxy) is 1. The van der Waals surface area contributed by atoms with Crippen molar-refractivity contribution < 1.29 is 19.4 Å². The van der Waals surface area contributed by atoms with E-state index in [9.17, 15) is 14.7 Å². The lowest BCUT2D eigenvalue weighted by molar-refractivity contribution is -0.126. The van der Waals surface area contributed by atoms with Gasteiger partial charge in [-0.05, 0) is 61.2 Å². The van der Waals surface area contributed by atoms with Gasteiger partial charge in [-0.3, -0.25) is 9.59 Å². The number of carbonyl (C=O) groups is 2. The van der Waals surface area contributed by atoms with E-state index in [2.05, 4.69) is 45.3 Å². The summed E-state index contributed by atoms with van der Waals surface area (Å²) in [6.45, 7) is 13.7. The lowest BCUT2D eigenvalue weighted by atomic mass is 9.57. The van der Waals surface area contributed by atoms with E-state index in [0.717, 1.165) is 25.7 Å². The molecule has 2 aliphatic rings. The molecule has 2 saturated carbocycles. The summed E-state index contributed by atoms with van der Waals surface area (Å²) in [5.74, 6) is 0.382. The summed E-state index contributed by atoms with van der Waals surface area (Å²) in [6.07, 6.45) is 4.79. The van der Waals surface area contributed by atoms with Gasteiger partial charge in [0, 0.05) is 32.5 Å². The average molecular weight is 425 g/mol. The van der Waals surface area contributed by atoms with E-state index < -0.39 is 5.60 Å². The SMILES string of the molecule is COCCNC(=O)CCC12CCC(C)(O)CC1C(C)(C)CC2NC(=O)CC(C)(C)C. The molecule has 0 aromatic rings. The second-order valence-electron chi connectivity index (χ2n) is 11.9. The molecular formula is C24H44N2O4. The molecule has 0 spiro atoms. The van der Waals surface area contributed by atoms with Crippen molar-refractivity contribution in [1.29, 1.82) is 0 Å². The molecule has 2 fully saturated rings. The topological polar surface area (TPSA) is 87.7 Å². The summed E-state index contributed by atoms with van der Waals surface area (Å²) >= 11 is 0. The molecular weight excluding hydrogens is 380 g/mol. The first-order valence-corrected chi connectivity index (χ1v) is 11.5. The molecule has 6 nitrogen and oxygen atoms in total. The molecule has 0 bridgehead atoms. The van der Waals surface area contributed by atoms with E-state index in [1.165, 1.54) is 0 Å². The lowest BCUT2D eigenvalue weighted by Gasteiger charge is -2.51. The third kappa shape index (κ3) is 6.19. The molecule has 0 radical (unpaired) electrons. The third-order valence-electron chi connectivity index (χ3n) is 7.31. The van der Waals surface area contributed by atoms with Crippen LogP contribution in [0.25, 0.3) is 0 Å². The minimum Gasteiger partial charge on any atom is -0.390 e. The van der Waals surface area contributed by atoms with Crippen LogP contribution in [-0.2, 0) is 14.3 Å². The van der Waals surface area contributed by atoms with E-state index in [1.807, 2.05) is 6.92 Å². The van der Waals surface area contributed by atoms with Crippen molar-refractivity contribution in [3.63, 3.8) is 0 Å². The maximum Gasteiger partial charge on any atom is 0.220 e. The van der Waals surface area contributed by atoms with Gasteiger partial charge in [-0.15, -0.1) is 0 Å². The molecule has 0 saturated heterocycles. The number of amides is 2. The smallest absolute Gasteiger partial charge is 0.220 e. The number of rotatable bonds is 8. The van der Waals surface area contributed by atoms with Crippen molar-refractivity contribution in [2.45, 2.75) is 98.1 Å². The Kier molecular flexibility index (Phi) is 7.67. The van der Waals surface area contributed by atoms with Gasteiger partial charge in [-0.25, -0.2) is 0 Å². The Morgan fingerprint density at radius 1 is 1.10 bits per heavy atom. The third-order valence-corrected chi connectivity index (χ3v) is 7.31. The summed E-state index contributed by atoms with van der Waals surface area (Å²) in [5.41, 5.74) is -0.910. The highest BCUT2D eigenvalue weighted by Gasteiger charge is 2.61. The molecule has 2 rings (SSSR count). The fraction of sp³-hybridized carbons (Fsp3) is 0.917. The van der Waals surface area contributed by atoms with Crippen molar-refractivity contribution in [3.8, 4) is 0 Å². The monoisotopic (exact) mass is 424 g/mol. The predicted octanol–water partition coefficient (Wildman–Crippen LogP) is 3.42. The molecule has 0 aromatic carbocycles. The molecule has 6 heteroatoms. The molecule has 30 heavy (non-hydrogen) atoms. The zero-order chi connectivity index (χ0) is 22.8. The number of carbonyl (C=O) groups excluding carboxylic acids is 2. The Bertz CT molecular complexity index is 623. The van der Waals surface area contributed by atoms with Crippen LogP contribution in [0.1, 0.15) is 86.5 Å². The van der Waals surface area contributed by atoms with E-state index in [4.69, 9.17) is 4.74 Å². The first kappa shape index (κ1) is 25.1. The number of fused-ring (bicyclic) bond motifs is 1. The van der Waals surface area contributed by atoms with Crippen LogP contribution in [0.4, 0.5) is 0 Å². The molecule has 2 amide bonds. The van der Waals surface area contributed by atoms with E-state index in [1.54, 1.807) is 7.11 Å². The standard InChI is InChI=1S/C24H44N2O4/c1-21(2,3)16-20(28)26-18-15-22(4,5)17-14-23(6,29)10-11-24(17,18)9-8-19(27)25-12-13-30-7/h17-18,29H,8-16H2,1-7H3,(H,25,27)(H,26,28). The summed E-state index contributed by atoms with van der Waals surface area (Å²) in [4.78, 5) is 25.3. The largest absolute Gasteiger partial charge is 0.390 e. The highest BCUT2D eigenvalue weighted by molar-refractivity contribution is 5.77. The fourth-order valence-corrected chi connectivity index (χ4v) is 5.89. The summed E-state index contributed by atoms with van der Waals surface area (Å²) in [6, 6.07) is 0.0372. The molecule has 0 heterocycles. The van der Waals surface area contributed by atoms with Crippen LogP contribution < -0.4 is 10.6 Å². The quantitative estimate of drug-likeness (QED) is 0.521. The van der Waals surface area contributed by atoms with Crippen LogP contribution in [0.3, 0.4) is 0 Å². The molecule has 0 aromatic heterocycles. The van der Waals surface area contributed by atoms with Crippen molar-refractivity contribution in [2.75, 3.05) is 20.3 Å². The number of aliphatic hydroxyl groups is 1. The maximum absolute atomic E-state index is 12.8. The molecule has 3 N–H and O–H groups in total. The lowest BCUT2D eigenvalue weighted by Crippen LogP contribution is -2.53. The Labute approximate surface area is 182 Å². The van der Waals surface area contributed by atoms with Crippen molar-refractivity contribution in [2.24, 2.45) is 22.2 Å². The minimum atomic E-state index is -0.684. The first-order valence-electron chi connectivity index (χ1n) is 11.5. The van der Waals surface area contributed by atoms with Crippen LogP contribution >= 0.6 is 0 Å². The van der Waals surface area contributed by atoms with Gasteiger partial charge in [0.15, 0.2) is 0 Å². The highest BCUT2D eigenvalue weighted by Crippen LogP contribution is 2.63. The number of nitrogens with one attached hydrogen (secondary N) is 2. The van der Waals surface area contributed by atoms with Crippen LogP contribution in [0.15, 0.2) is 0 Å². The Morgan fingerprint density at radius 2 is 1.77 bits per heavy atom. The molecule has 2 aliphatic carbocycles. The zero-order valence-corrected chi connectivity index (χ0v) is 20.2. The number of hydrogen-bond acceptors (Lipinski definition) is 4. The van der Waals surface area contributed by atoms with Crippen LogP contribution in [0, 0.1) is 22.2 Å². The van der Waals surface area contributed by atoms with Gasteiger partial charge in [0.05, 0.1) is 12.2 Å². The van der Waals surface area contributed by atoms with Crippen LogP contribution in [0.5, 0.6) is 0 Å². The number of hydrogen-bond donors (Lipinski definition) is 3.